The molecule has 148 valence electrons. The second-order valence-electron chi connectivity index (χ2n) is 8.21. The molecule has 0 saturated heterocycles. The number of aliphatic hydroxyl groups is 1. The quantitative estimate of drug-likeness (QED) is 0.741. The molecule has 1 aromatic carbocycles. The summed E-state index contributed by atoms with van der Waals surface area (Å²) in [5.74, 6) is 1.15. The molecule has 0 spiro atoms. The maximum atomic E-state index is 11.8. The van der Waals surface area contributed by atoms with Gasteiger partial charge in [0.1, 0.15) is 12.0 Å². The molecule has 4 N–H and O–H groups in total. The number of nitrogens with two attached hydrogens (primary N) is 1. The highest BCUT2D eigenvalue weighted by Gasteiger charge is 2.47. The second kappa shape index (κ2) is 7.09. The summed E-state index contributed by atoms with van der Waals surface area (Å²) in [5, 5.41) is 14.2. The first-order chi connectivity index (χ1) is 13.4. The fraction of sp³-hybridized carbons (Fsp3) is 0.455. The Morgan fingerprint density at radius 2 is 2.07 bits per heavy atom. The minimum absolute atomic E-state index is 0.0230. The molecule has 1 unspecified atom stereocenters. The molecule has 2 aliphatic rings. The average molecular weight is 380 g/mol. The maximum absolute atomic E-state index is 11.8. The topological polar surface area (TPSA) is 91.5 Å². The fourth-order valence-corrected chi connectivity index (χ4v) is 4.55. The number of carbonyl (C=O) groups excluding carboxylic acids is 1. The van der Waals surface area contributed by atoms with Crippen LogP contribution in [0.3, 0.4) is 0 Å². The van der Waals surface area contributed by atoms with Crippen molar-refractivity contribution in [3.8, 4) is 0 Å². The summed E-state index contributed by atoms with van der Waals surface area (Å²) in [7, 11) is 0. The number of rotatable bonds is 5. The molecule has 1 aromatic heterocycles. The van der Waals surface area contributed by atoms with Crippen LogP contribution in [0.5, 0.6) is 0 Å². The third-order valence-corrected chi connectivity index (χ3v) is 6.03. The first kappa shape index (κ1) is 18.7. The fourth-order valence-electron chi connectivity index (χ4n) is 4.55. The molecule has 0 bridgehead atoms. The zero-order valence-electron chi connectivity index (χ0n) is 16.6. The van der Waals surface area contributed by atoms with Gasteiger partial charge in [0.25, 0.3) is 0 Å². The van der Waals surface area contributed by atoms with E-state index in [1.165, 1.54) is 12.8 Å². The zero-order valence-corrected chi connectivity index (χ0v) is 16.6. The highest BCUT2D eigenvalue weighted by molar-refractivity contribution is 5.93. The second-order valence-corrected chi connectivity index (χ2v) is 8.21. The van der Waals surface area contributed by atoms with E-state index in [-0.39, 0.29) is 18.0 Å². The van der Waals surface area contributed by atoms with Crippen LogP contribution in [0.2, 0.25) is 0 Å². The van der Waals surface area contributed by atoms with E-state index in [0.717, 1.165) is 22.6 Å². The van der Waals surface area contributed by atoms with Crippen molar-refractivity contribution < 1.29 is 9.90 Å². The molecule has 1 saturated carbocycles. The van der Waals surface area contributed by atoms with Crippen molar-refractivity contribution in [1.82, 2.24) is 4.98 Å². The number of pyridine rings is 1. The van der Waals surface area contributed by atoms with Crippen molar-refractivity contribution in [2.45, 2.75) is 51.9 Å². The van der Waals surface area contributed by atoms with E-state index in [1.807, 2.05) is 44.3 Å². The number of aromatic nitrogens is 1. The Labute approximate surface area is 165 Å². The number of hydrogen-bond acceptors (Lipinski definition) is 5. The van der Waals surface area contributed by atoms with E-state index in [9.17, 15) is 9.90 Å². The molecule has 4 atom stereocenters. The largest absolute Gasteiger partial charge is 0.374 e. The van der Waals surface area contributed by atoms with Crippen LogP contribution in [0.25, 0.3) is 0 Å². The lowest BCUT2D eigenvalue weighted by atomic mass is 9.79. The SMILES string of the molecule is Cc1ccc(N[C@H]2c3cc(C(N)=O)ccc3N(C(C)O)[C@@H](C3CC3)[C@@H]2C)nc1. The molecule has 0 radical (unpaired) electrons. The summed E-state index contributed by atoms with van der Waals surface area (Å²) in [4.78, 5) is 18.4. The zero-order chi connectivity index (χ0) is 20.0. The first-order valence-electron chi connectivity index (χ1n) is 9.96. The Balaban J connectivity index is 1.81. The van der Waals surface area contributed by atoms with Gasteiger partial charge in [-0.3, -0.25) is 4.79 Å². The van der Waals surface area contributed by atoms with Crippen LogP contribution in [-0.4, -0.2) is 28.3 Å². The van der Waals surface area contributed by atoms with Gasteiger partial charge in [-0.1, -0.05) is 13.0 Å². The van der Waals surface area contributed by atoms with Gasteiger partial charge in [-0.05, 0) is 68.0 Å². The first-order valence-corrected chi connectivity index (χ1v) is 9.96. The van der Waals surface area contributed by atoms with Gasteiger partial charge < -0.3 is 21.1 Å². The minimum Gasteiger partial charge on any atom is -0.374 e. The van der Waals surface area contributed by atoms with Gasteiger partial charge in [-0.2, -0.15) is 0 Å². The van der Waals surface area contributed by atoms with Crippen LogP contribution in [0.4, 0.5) is 11.5 Å². The summed E-state index contributed by atoms with van der Waals surface area (Å²) in [6.45, 7) is 6.03. The lowest BCUT2D eigenvalue weighted by Crippen LogP contribution is -2.52. The molecule has 1 fully saturated rings. The third-order valence-electron chi connectivity index (χ3n) is 6.03. The predicted molar refractivity (Wildman–Crippen MR) is 110 cm³/mol. The Hall–Kier alpha value is -2.60. The number of hydrogen-bond donors (Lipinski definition) is 3. The Morgan fingerprint density at radius 1 is 1.32 bits per heavy atom. The van der Waals surface area contributed by atoms with E-state index < -0.39 is 12.1 Å². The number of nitrogens with one attached hydrogen (secondary N) is 1. The number of nitrogens with zero attached hydrogens (tertiary/aromatic N) is 2. The van der Waals surface area contributed by atoms with Crippen molar-refractivity contribution in [2.24, 2.45) is 17.6 Å². The Kier molecular flexibility index (Phi) is 4.75. The lowest BCUT2D eigenvalue weighted by Gasteiger charge is -2.48. The highest BCUT2D eigenvalue weighted by atomic mass is 16.3. The molecule has 6 heteroatoms. The van der Waals surface area contributed by atoms with Crippen LogP contribution >= 0.6 is 0 Å². The summed E-state index contributed by atoms with van der Waals surface area (Å²) in [5.41, 5.74) is 9.06. The van der Waals surface area contributed by atoms with Crippen LogP contribution < -0.4 is 16.0 Å². The van der Waals surface area contributed by atoms with E-state index in [2.05, 4.69) is 22.1 Å². The van der Waals surface area contributed by atoms with Crippen LogP contribution in [0, 0.1) is 18.8 Å². The summed E-state index contributed by atoms with van der Waals surface area (Å²) in [6, 6.07) is 9.74. The number of anilines is 2. The van der Waals surface area contributed by atoms with Gasteiger partial charge in [0.15, 0.2) is 0 Å². The number of amides is 1. The number of primary amides is 1. The van der Waals surface area contributed by atoms with E-state index >= 15 is 0 Å². The normalized spacial score (nSPS) is 25.1. The highest BCUT2D eigenvalue weighted by Crippen LogP contribution is 2.50. The molecule has 2 heterocycles. The molecule has 28 heavy (non-hydrogen) atoms. The number of carbonyl (C=O) groups is 1. The number of fused-ring (bicyclic) bond motifs is 1. The van der Waals surface area contributed by atoms with Crippen LogP contribution in [0.1, 0.15) is 54.2 Å². The molecule has 4 rings (SSSR count). The van der Waals surface area contributed by atoms with Crippen LogP contribution in [-0.2, 0) is 0 Å². The minimum atomic E-state index is -0.607. The summed E-state index contributed by atoms with van der Waals surface area (Å²) in [6.07, 6.45) is 3.60. The summed E-state index contributed by atoms with van der Waals surface area (Å²) >= 11 is 0. The van der Waals surface area contributed by atoms with Crippen molar-refractivity contribution in [1.29, 1.82) is 0 Å². The van der Waals surface area contributed by atoms with Gasteiger partial charge in [0.05, 0.1) is 6.04 Å². The van der Waals surface area contributed by atoms with Crippen molar-refractivity contribution >= 4 is 17.4 Å². The van der Waals surface area contributed by atoms with Gasteiger partial charge >= 0.3 is 0 Å². The summed E-state index contributed by atoms with van der Waals surface area (Å²) < 4.78 is 0. The third kappa shape index (κ3) is 3.33. The van der Waals surface area contributed by atoms with Crippen LogP contribution in [0.15, 0.2) is 36.5 Å². The van der Waals surface area contributed by atoms with Crippen molar-refractivity contribution in [3.63, 3.8) is 0 Å². The monoisotopic (exact) mass is 380 g/mol. The Morgan fingerprint density at radius 3 is 2.64 bits per heavy atom. The molecule has 1 amide bonds. The lowest BCUT2D eigenvalue weighted by molar-refractivity contribution is 0.1000. The molecule has 6 nitrogen and oxygen atoms in total. The number of benzene rings is 1. The smallest absolute Gasteiger partial charge is 0.248 e. The maximum Gasteiger partial charge on any atom is 0.248 e. The van der Waals surface area contributed by atoms with Crippen molar-refractivity contribution in [2.75, 3.05) is 10.2 Å². The van der Waals surface area contributed by atoms with Crippen molar-refractivity contribution in [3.05, 3.63) is 53.2 Å². The van der Waals surface area contributed by atoms with Gasteiger partial charge in [-0.15, -0.1) is 0 Å². The molecule has 2 aromatic rings. The van der Waals surface area contributed by atoms with E-state index in [1.54, 1.807) is 6.07 Å². The molecule has 1 aliphatic heterocycles. The van der Waals surface area contributed by atoms with E-state index in [0.29, 0.717) is 11.5 Å². The number of aryl methyl sites for hydroxylation is 1. The number of aliphatic hydroxyl groups excluding tert-OH is 1. The molecular formula is C22H28N4O2. The van der Waals surface area contributed by atoms with E-state index in [4.69, 9.17) is 5.73 Å². The molecular weight excluding hydrogens is 352 g/mol. The average Bonchev–Trinajstić information content (AvgIpc) is 3.49. The van der Waals surface area contributed by atoms with Gasteiger partial charge in [0, 0.05) is 29.4 Å². The predicted octanol–water partition coefficient (Wildman–Crippen LogP) is 3.22. The van der Waals surface area contributed by atoms with Gasteiger partial charge in [0.2, 0.25) is 5.91 Å². The standard InChI is InChI=1S/C22H28N4O2/c1-12-4-9-19(24-11-12)25-20-13(2)21(15-5-6-15)26(14(3)27)18-8-7-16(22(23)28)10-17(18)20/h4,7-11,13-15,20-21,27H,5-6H2,1-3H3,(H2,23,28)(H,24,25)/t13-,14?,20-,21-/m1/s1. The van der Waals surface area contributed by atoms with Gasteiger partial charge in [-0.25, -0.2) is 4.98 Å². The Bertz CT molecular complexity index is 877. The molecule has 1 aliphatic carbocycles.